The van der Waals surface area contributed by atoms with Crippen molar-refractivity contribution in [2.75, 3.05) is 39.1 Å². The summed E-state index contributed by atoms with van der Waals surface area (Å²) in [5.74, 6) is 0.664. The number of carbonyl (C=O) groups excluding carboxylic acids is 1. The average Bonchev–Trinajstić information content (AvgIpc) is 2.92. The Morgan fingerprint density at radius 1 is 1.39 bits per heavy atom. The number of ether oxygens (including phenoxy) is 2. The molecule has 0 aromatic heterocycles. The normalized spacial score (nSPS) is 14.9. The maximum atomic E-state index is 11.9. The fourth-order valence-electron chi connectivity index (χ4n) is 2.30. The van der Waals surface area contributed by atoms with Gasteiger partial charge >= 0.3 is 6.09 Å². The van der Waals surface area contributed by atoms with Gasteiger partial charge in [-0.05, 0) is 30.5 Å². The van der Waals surface area contributed by atoms with E-state index in [4.69, 9.17) is 9.47 Å². The number of nitrogens with zero attached hydrogens (tertiary/aromatic N) is 1. The fraction of sp³-hybridized carbons (Fsp3) is 0.533. The molecule has 23 heavy (non-hydrogen) atoms. The van der Waals surface area contributed by atoms with Gasteiger partial charge in [0.05, 0.1) is 19.4 Å². The minimum atomic E-state index is -3.42. The second kappa shape index (κ2) is 7.65. The van der Waals surface area contributed by atoms with Gasteiger partial charge in [0.25, 0.3) is 0 Å². The van der Waals surface area contributed by atoms with Crippen LogP contribution in [-0.4, -0.2) is 58.5 Å². The molecule has 0 radical (unpaired) electrons. The number of hydrogen-bond acceptors (Lipinski definition) is 5. The van der Waals surface area contributed by atoms with Crippen molar-refractivity contribution in [2.24, 2.45) is 0 Å². The molecule has 1 aliphatic heterocycles. The molecule has 0 saturated carbocycles. The highest BCUT2D eigenvalue weighted by atomic mass is 32.2. The number of benzene rings is 1. The van der Waals surface area contributed by atoms with Gasteiger partial charge in [-0.15, -0.1) is 0 Å². The van der Waals surface area contributed by atoms with Crippen molar-refractivity contribution in [3.05, 3.63) is 29.3 Å². The Hall–Kier alpha value is -1.80. The molecule has 1 saturated heterocycles. The zero-order valence-corrected chi connectivity index (χ0v) is 14.2. The van der Waals surface area contributed by atoms with Gasteiger partial charge in [-0.25, -0.2) is 17.9 Å². The molecule has 0 unspecified atom stereocenters. The predicted octanol–water partition coefficient (Wildman–Crippen LogP) is 0.918. The van der Waals surface area contributed by atoms with E-state index in [2.05, 4.69) is 4.72 Å². The van der Waals surface area contributed by atoms with E-state index in [1.54, 1.807) is 7.11 Å². The lowest BCUT2D eigenvalue weighted by Crippen LogP contribution is -2.35. The molecule has 1 heterocycles. The molecule has 2 rings (SSSR count). The third-order valence-corrected chi connectivity index (χ3v) is 5.05. The lowest BCUT2D eigenvalue weighted by atomic mass is 10.1. The molecule has 1 amide bonds. The molecule has 1 aromatic rings. The highest BCUT2D eigenvalue weighted by Gasteiger charge is 2.23. The number of rotatable bonds is 8. The predicted molar refractivity (Wildman–Crippen MR) is 86.1 cm³/mol. The lowest BCUT2D eigenvalue weighted by Gasteiger charge is -2.13. The van der Waals surface area contributed by atoms with Crippen LogP contribution >= 0.6 is 0 Å². The van der Waals surface area contributed by atoms with E-state index >= 15 is 0 Å². The molecule has 0 atom stereocenters. The molecular weight excluding hydrogens is 320 g/mol. The van der Waals surface area contributed by atoms with Gasteiger partial charge in [-0.2, -0.15) is 0 Å². The summed E-state index contributed by atoms with van der Waals surface area (Å²) in [5, 5.41) is 0. The van der Waals surface area contributed by atoms with Gasteiger partial charge in [-0.3, -0.25) is 0 Å². The molecular formula is C15H22N2O5S. The molecule has 1 N–H and O–H groups in total. The molecule has 7 nitrogen and oxygen atoms in total. The Bertz CT molecular complexity index is 660. The lowest BCUT2D eigenvalue weighted by molar-refractivity contribution is 0.160. The Morgan fingerprint density at radius 2 is 2.17 bits per heavy atom. The second-order valence-electron chi connectivity index (χ2n) is 5.37. The monoisotopic (exact) mass is 342 g/mol. The van der Waals surface area contributed by atoms with Crippen LogP contribution in [0, 0.1) is 6.92 Å². The van der Waals surface area contributed by atoms with Crippen molar-refractivity contribution in [3.63, 3.8) is 0 Å². The van der Waals surface area contributed by atoms with Gasteiger partial charge in [0.2, 0.25) is 10.0 Å². The largest absolute Gasteiger partial charge is 0.496 e. The first-order valence-electron chi connectivity index (χ1n) is 7.44. The molecule has 128 valence electrons. The van der Waals surface area contributed by atoms with Crippen molar-refractivity contribution in [2.45, 2.75) is 13.3 Å². The van der Waals surface area contributed by atoms with Crippen LogP contribution in [0.4, 0.5) is 4.79 Å². The second-order valence-corrected chi connectivity index (χ2v) is 7.30. The summed E-state index contributed by atoms with van der Waals surface area (Å²) in [6.07, 6.45) is 0.119. The number of aryl methyl sites for hydroxylation is 1. The van der Waals surface area contributed by atoms with E-state index in [1.807, 2.05) is 25.1 Å². The zero-order valence-electron chi connectivity index (χ0n) is 13.4. The van der Waals surface area contributed by atoms with Gasteiger partial charge in [0.15, 0.2) is 0 Å². The van der Waals surface area contributed by atoms with E-state index in [1.165, 1.54) is 4.90 Å². The molecule has 0 spiro atoms. The highest BCUT2D eigenvalue weighted by molar-refractivity contribution is 7.89. The minimum Gasteiger partial charge on any atom is -0.496 e. The van der Waals surface area contributed by atoms with E-state index in [0.29, 0.717) is 26.1 Å². The van der Waals surface area contributed by atoms with E-state index in [9.17, 15) is 13.2 Å². The summed E-state index contributed by atoms with van der Waals surface area (Å²) in [4.78, 5) is 12.6. The number of carbonyl (C=O) groups is 1. The Labute approximate surface area is 136 Å². The Balaban J connectivity index is 1.79. The summed E-state index contributed by atoms with van der Waals surface area (Å²) in [6, 6.07) is 5.80. The summed E-state index contributed by atoms with van der Waals surface area (Å²) >= 11 is 0. The first-order valence-corrected chi connectivity index (χ1v) is 9.09. The van der Waals surface area contributed by atoms with Gasteiger partial charge in [0.1, 0.15) is 12.4 Å². The van der Waals surface area contributed by atoms with Crippen LogP contribution in [0.25, 0.3) is 0 Å². The van der Waals surface area contributed by atoms with Crippen LogP contribution in [0.2, 0.25) is 0 Å². The standard InChI is InChI=1S/C15H22N2O5S/c1-12-3-4-13(11-14(12)21-2)5-6-16-23(19,20)10-8-17-7-9-22-15(17)18/h3-4,11,16H,5-10H2,1-2H3. The Morgan fingerprint density at radius 3 is 2.83 bits per heavy atom. The van der Waals surface area contributed by atoms with Crippen molar-refractivity contribution in [1.82, 2.24) is 9.62 Å². The molecule has 1 aliphatic rings. The van der Waals surface area contributed by atoms with Crippen molar-refractivity contribution in [1.29, 1.82) is 0 Å². The van der Waals surface area contributed by atoms with E-state index < -0.39 is 16.1 Å². The summed E-state index contributed by atoms with van der Waals surface area (Å²) in [6.45, 7) is 3.17. The van der Waals surface area contributed by atoms with Crippen LogP contribution in [0.5, 0.6) is 5.75 Å². The van der Waals surface area contributed by atoms with Crippen LogP contribution in [0.1, 0.15) is 11.1 Å². The van der Waals surface area contributed by atoms with Gasteiger partial charge in [-0.1, -0.05) is 12.1 Å². The van der Waals surface area contributed by atoms with E-state index in [0.717, 1.165) is 16.9 Å². The number of hydrogen-bond donors (Lipinski definition) is 1. The smallest absolute Gasteiger partial charge is 0.409 e. The topological polar surface area (TPSA) is 84.9 Å². The van der Waals surface area contributed by atoms with Crippen LogP contribution in [0.15, 0.2) is 18.2 Å². The SMILES string of the molecule is COc1cc(CCNS(=O)(=O)CCN2CCOC2=O)ccc1C. The number of cyclic esters (lactones) is 1. The highest BCUT2D eigenvalue weighted by Crippen LogP contribution is 2.19. The summed E-state index contributed by atoms with van der Waals surface area (Å²) in [7, 11) is -1.81. The third-order valence-electron chi connectivity index (χ3n) is 3.68. The van der Waals surface area contributed by atoms with Crippen LogP contribution in [0.3, 0.4) is 0 Å². The molecule has 0 bridgehead atoms. The van der Waals surface area contributed by atoms with Gasteiger partial charge in [0, 0.05) is 13.1 Å². The molecule has 0 aliphatic carbocycles. The molecule has 1 fully saturated rings. The minimum absolute atomic E-state index is 0.126. The Kier molecular flexibility index (Phi) is 5.84. The maximum Gasteiger partial charge on any atom is 0.409 e. The van der Waals surface area contributed by atoms with Gasteiger partial charge < -0.3 is 14.4 Å². The van der Waals surface area contributed by atoms with Crippen molar-refractivity contribution < 1.29 is 22.7 Å². The quantitative estimate of drug-likeness (QED) is 0.759. The van der Waals surface area contributed by atoms with Crippen molar-refractivity contribution in [3.8, 4) is 5.75 Å². The number of amides is 1. The maximum absolute atomic E-state index is 11.9. The molecule has 8 heteroatoms. The number of nitrogens with one attached hydrogen (secondary N) is 1. The third kappa shape index (κ3) is 5.11. The summed E-state index contributed by atoms with van der Waals surface area (Å²) in [5.41, 5.74) is 2.03. The first-order chi connectivity index (χ1) is 10.9. The summed E-state index contributed by atoms with van der Waals surface area (Å²) < 4.78 is 36.5. The van der Waals surface area contributed by atoms with Crippen molar-refractivity contribution >= 4 is 16.1 Å². The number of sulfonamides is 1. The van der Waals surface area contributed by atoms with E-state index in [-0.39, 0.29) is 12.3 Å². The molecule has 1 aromatic carbocycles. The zero-order chi connectivity index (χ0) is 16.9. The average molecular weight is 342 g/mol. The number of methoxy groups -OCH3 is 1. The first kappa shape index (κ1) is 17.6. The van der Waals surface area contributed by atoms with Crippen LogP contribution < -0.4 is 9.46 Å². The fourth-order valence-corrected chi connectivity index (χ4v) is 3.32. The van der Waals surface area contributed by atoms with Crippen LogP contribution in [-0.2, 0) is 21.2 Å².